The second kappa shape index (κ2) is 8.83. The standard InChI is InChI=1S/C23H22N4O4/c1-15(2)31-21(28)13-24-23(29)18-11-20(16-7-4-3-5-8-16)26-22-19(18)12-25-27(22)14-17-9-6-10-30-17/h3-12,15H,13-14H2,1-2H3,(H,24,29). The van der Waals surface area contributed by atoms with Gasteiger partial charge in [-0.1, -0.05) is 30.3 Å². The third kappa shape index (κ3) is 4.63. The van der Waals surface area contributed by atoms with E-state index in [1.807, 2.05) is 36.4 Å². The lowest BCUT2D eigenvalue weighted by molar-refractivity contribution is -0.146. The van der Waals surface area contributed by atoms with Crippen LogP contribution in [0.1, 0.15) is 30.0 Å². The Morgan fingerprint density at radius 2 is 1.97 bits per heavy atom. The Bertz CT molecular complexity index is 1200. The lowest BCUT2D eigenvalue weighted by Crippen LogP contribution is -2.31. The highest BCUT2D eigenvalue weighted by molar-refractivity contribution is 6.07. The largest absolute Gasteiger partial charge is 0.467 e. The summed E-state index contributed by atoms with van der Waals surface area (Å²) in [5, 5.41) is 7.62. The fourth-order valence-corrected chi connectivity index (χ4v) is 3.21. The minimum atomic E-state index is -0.495. The third-order valence-corrected chi connectivity index (χ3v) is 4.57. The fourth-order valence-electron chi connectivity index (χ4n) is 3.21. The van der Waals surface area contributed by atoms with Gasteiger partial charge in [0.25, 0.3) is 5.91 Å². The Morgan fingerprint density at radius 1 is 1.16 bits per heavy atom. The number of hydrogen-bond donors (Lipinski definition) is 1. The molecule has 0 bridgehead atoms. The normalized spacial score (nSPS) is 11.1. The van der Waals surface area contributed by atoms with Gasteiger partial charge in [-0.3, -0.25) is 9.59 Å². The van der Waals surface area contributed by atoms with Crippen molar-refractivity contribution in [1.82, 2.24) is 20.1 Å². The quantitative estimate of drug-likeness (QED) is 0.462. The maximum Gasteiger partial charge on any atom is 0.325 e. The molecule has 1 amide bonds. The zero-order valence-electron chi connectivity index (χ0n) is 17.2. The maximum absolute atomic E-state index is 13.0. The van der Waals surface area contributed by atoms with Gasteiger partial charge in [-0.05, 0) is 32.0 Å². The predicted octanol–water partition coefficient (Wildman–Crippen LogP) is 3.42. The highest BCUT2D eigenvalue weighted by Crippen LogP contribution is 2.25. The van der Waals surface area contributed by atoms with Gasteiger partial charge in [0.1, 0.15) is 18.8 Å². The van der Waals surface area contributed by atoms with Gasteiger partial charge >= 0.3 is 5.97 Å². The molecule has 0 saturated heterocycles. The Kier molecular flexibility index (Phi) is 5.79. The van der Waals surface area contributed by atoms with Gasteiger partial charge < -0.3 is 14.5 Å². The van der Waals surface area contributed by atoms with Crippen molar-refractivity contribution in [3.8, 4) is 11.3 Å². The lowest BCUT2D eigenvalue weighted by atomic mass is 10.1. The van der Waals surface area contributed by atoms with Gasteiger partial charge in [0.2, 0.25) is 0 Å². The first-order valence-electron chi connectivity index (χ1n) is 9.93. The molecule has 8 heteroatoms. The number of carbonyl (C=O) groups excluding carboxylic acids is 2. The van der Waals surface area contributed by atoms with Crippen LogP contribution >= 0.6 is 0 Å². The first kappa shape index (κ1) is 20.3. The van der Waals surface area contributed by atoms with Crippen LogP contribution in [0.3, 0.4) is 0 Å². The SMILES string of the molecule is CC(C)OC(=O)CNC(=O)c1cc(-c2ccccc2)nc2c1cnn2Cc1ccco1. The number of hydrogen-bond acceptors (Lipinski definition) is 6. The second-order valence-corrected chi connectivity index (χ2v) is 7.26. The number of ether oxygens (including phenoxy) is 1. The number of pyridine rings is 1. The number of aromatic nitrogens is 3. The molecule has 0 radical (unpaired) electrons. The summed E-state index contributed by atoms with van der Waals surface area (Å²) < 4.78 is 12.2. The van der Waals surface area contributed by atoms with Crippen molar-refractivity contribution in [3.63, 3.8) is 0 Å². The average Bonchev–Trinajstić information content (AvgIpc) is 3.42. The molecule has 0 fully saturated rings. The minimum absolute atomic E-state index is 0.220. The van der Waals surface area contributed by atoms with Crippen molar-refractivity contribution in [2.24, 2.45) is 0 Å². The first-order chi connectivity index (χ1) is 15.0. The van der Waals surface area contributed by atoms with E-state index in [9.17, 15) is 9.59 Å². The Morgan fingerprint density at radius 3 is 2.68 bits per heavy atom. The summed E-state index contributed by atoms with van der Waals surface area (Å²) in [5.41, 5.74) is 2.42. The maximum atomic E-state index is 13.0. The summed E-state index contributed by atoms with van der Waals surface area (Å²) in [6.45, 7) is 3.67. The molecule has 0 aliphatic carbocycles. The van der Waals surface area contributed by atoms with Crippen molar-refractivity contribution in [3.05, 3.63) is 72.3 Å². The number of fused-ring (bicyclic) bond motifs is 1. The second-order valence-electron chi connectivity index (χ2n) is 7.26. The predicted molar refractivity (Wildman–Crippen MR) is 114 cm³/mol. The van der Waals surface area contributed by atoms with E-state index in [1.54, 1.807) is 43.1 Å². The molecule has 0 atom stereocenters. The summed E-state index contributed by atoms with van der Waals surface area (Å²) in [7, 11) is 0. The van der Waals surface area contributed by atoms with Gasteiger partial charge in [-0.15, -0.1) is 0 Å². The molecule has 0 aliphatic rings. The molecule has 3 heterocycles. The van der Waals surface area contributed by atoms with Gasteiger partial charge in [0.15, 0.2) is 5.65 Å². The van der Waals surface area contributed by atoms with Crippen LogP contribution in [0, 0.1) is 0 Å². The summed E-state index contributed by atoms with van der Waals surface area (Å²) >= 11 is 0. The molecule has 0 unspecified atom stereocenters. The number of furan rings is 1. The molecule has 4 rings (SSSR count). The molecule has 8 nitrogen and oxygen atoms in total. The van der Waals surface area contributed by atoms with Crippen LogP contribution in [0.4, 0.5) is 0 Å². The van der Waals surface area contributed by atoms with Crippen molar-refractivity contribution in [2.75, 3.05) is 6.54 Å². The molecule has 0 spiro atoms. The van der Waals surface area contributed by atoms with Gasteiger partial charge in [-0.25, -0.2) is 9.67 Å². The number of benzene rings is 1. The fraction of sp³-hybridized carbons (Fsp3) is 0.217. The lowest BCUT2D eigenvalue weighted by Gasteiger charge is -2.11. The number of rotatable bonds is 7. The van der Waals surface area contributed by atoms with Crippen molar-refractivity contribution in [1.29, 1.82) is 0 Å². The van der Waals surface area contributed by atoms with E-state index < -0.39 is 11.9 Å². The number of nitrogens with zero attached hydrogens (tertiary/aromatic N) is 3. The van der Waals surface area contributed by atoms with Crippen LogP contribution in [-0.2, 0) is 16.1 Å². The molecular weight excluding hydrogens is 396 g/mol. The van der Waals surface area contributed by atoms with Gasteiger partial charge in [0, 0.05) is 5.56 Å². The highest BCUT2D eigenvalue weighted by atomic mass is 16.5. The number of amides is 1. The average molecular weight is 418 g/mol. The molecule has 4 aromatic rings. The monoisotopic (exact) mass is 418 g/mol. The van der Waals surface area contributed by atoms with E-state index in [0.29, 0.717) is 28.8 Å². The zero-order valence-corrected chi connectivity index (χ0v) is 17.2. The van der Waals surface area contributed by atoms with E-state index in [4.69, 9.17) is 14.1 Å². The Labute approximate surface area is 178 Å². The van der Waals surface area contributed by atoms with Gasteiger partial charge in [-0.2, -0.15) is 5.10 Å². The molecule has 31 heavy (non-hydrogen) atoms. The number of esters is 1. The molecule has 1 N–H and O–H groups in total. The van der Waals surface area contributed by atoms with E-state index in [-0.39, 0.29) is 12.6 Å². The van der Waals surface area contributed by atoms with Crippen LogP contribution in [-0.4, -0.2) is 39.3 Å². The third-order valence-electron chi connectivity index (χ3n) is 4.57. The van der Waals surface area contributed by atoms with Crippen LogP contribution in [0.25, 0.3) is 22.3 Å². The number of carbonyl (C=O) groups is 2. The molecule has 0 aliphatic heterocycles. The topological polar surface area (TPSA) is 99.2 Å². The summed E-state index contributed by atoms with van der Waals surface area (Å²) in [6.07, 6.45) is 2.95. The Balaban J connectivity index is 1.71. The van der Waals surface area contributed by atoms with Crippen LogP contribution < -0.4 is 5.32 Å². The Hall–Kier alpha value is -3.94. The van der Waals surface area contributed by atoms with Crippen LogP contribution in [0.2, 0.25) is 0 Å². The summed E-state index contributed by atoms with van der Waals surface area (Å²) in [5.74, 6) is -0.173. The smallest absolute Gasteiger partial charge is 0.325 e. The molecule has 1 aromatic carbocycles. The van der Waals surface area contributed by atoms with Crippen molar-refractivity contribution < 1.29 is 18.7 Å². The van der Waals surface area contributed by atoms with Crippen molar-refractivity contribution >= 4 is 22.9 Å². The molecule has 158 valence electrons. The highest BCUT2D eigenvalue weighted by Gasteiger charge is 2.19. The van der Waals surface area contributed by atoms with Crippen LogP contribution in [0.15, 0.2) is 65.4 Å². The van der Waals surface area contributed by atoms with E-state index in [2.05, 4.69) is 10.4 Å². The minimum Gasteiger partial charge on any atom is -0.467 e. The summed E-state index contributed by atoms with van der Waals surface area (Å²) in [6, 6.07) is 14.9. The number of nitrogens with one attached hydrogen (secondary N) is 1. The van der Waals surface area contributed by atoms with Crippen molar-refractivity contribution in [2.45, 2.75) is 26.5 Å². The van der Waals surface area contributed by atoms with Gasteiger partial charge in [0.05, 0.1) is 35.2 Å². The van der Waals surface area contributed by atoms with E-state index in [0.717, 1.165) is 11.3 Å². The molecular formula is C23H22N4O4. The zero-order chi connectivity index (χ0) is 21.8. The molecule has 3 aromatic heterocycles. The molecule has 0 saturated carbocycles. The first-order valence-corrected chi connectivity index (χ1v) is 9.93. The van der Waals surface area contributed by atoms with Crippen LogP contribution in [0.5, 0.6) is 0 Å². The van der Waals surface area contributed by atoms with E-state index in [1.165, 1.54) is 0 Å². The van der Waals surface area contributed by atoms with E-state index >= 15 is 0 Å². The summed E-state index contributed by atoms with van der Waals surface area (Å²) in [4.78, 5) is 29.6.